The summed E-state index contributed by atoms with van der Waals surface area (Å²) < 4.78 is 0. The van der Waals surface area contributed by atoms with E-state index in [4.69, 9.17) is 0 Å². The number of rotatable bonds is 3. The Bertz CT molecular complexity index is 62.4. The van der Waals surface area contributed by atoms with E-state index in [2.05, 4.69) is 27.4 Å². The van der Waals surface area contributed by atoms with E-state index in [0.717, 1.165) is 18.3 Å². The van der Waals surface area contributed by atoms with Crippen LogP contribution < -0.4 is 0 Å². The van der Waals surface area contributed by atoms with E-state index in [-0.39, 0.29) is 0 Å². The molecular formula is C8H16. The molecule has 48 valence electrons. The third kappa shape index (κ3) is 2.84. The van der Waals surface area contributed by atoms with Gasteiger partial charge in [0.15, 0.2) is 0 Å². The van der Waals surface area contributed by atoms with Crippen LogP contribution in [0.5, 0.6) is 0 Å². The van der Waals surface area contributed by atoms with Gasteiger partial charge in [0.25, 0.3) is 0 Å². The van der Waals surface area contributed by atoms with Gasteiger partial charge in [-0.05, 0) is 18.3 Å². The van der Waals surface area contributed by atoms with Crippen LogP contribution in [0.15, 0.2) is 12.7 Å². The smallest absolute Gasteiger partial charge is 0.0325 e. The summed E-state index contributed by atoms with van der Waals surface area (Å²) in [7, 11) is 0. The molecule has 8 heavy (non-hydrogen) atoms. The first-order valence-corrected chi connectivity index (χ1v) is 3.29. The van der Waals surface area contributed by atoms with Crippen molar-refractivity contribution >= 4 is 0 Å². The fourth-order valence-electron chi connectivity index (χ4n) is 0.535. The first-order chi connectivity index (χ1) is 3.68. The first kappa shape index (κ1) is 7.74. The van der Waals surface area contributed by atoms with Crippen molar-refractivity contribution in [3.8, 4) is 0 Å². The predicted molar refractivity (Wildman–Crippen MR) is 38.8 cm³/mol. The highest BCUT2D eigenvalue weighted by Gasteiger charge is 2.02. The average Bonchev–Trinajstić information content (AvgIpc) is 1.67. The van der Waals surface area contributed by atoms with E-state index in [1.54, 1.807) is 0 Å². The van der Waals surface area contributed by atoms with Crippen LogP contribution in [-0.4, -0.2) is 0 Å². The minimum atomic E-state index is 0.799. The average molecular weight is 112 g/mol. The van der Waals surface area contributed by atoms with E-state index >= 15 is 0 Å². The van der Waals surface area contributed by atoms with Gasteiger partial charge >= 0.3 is 0 Å². The highest BCUT2D eigenvalue weighted by Crippen LogP contribution is 2.13. The predicted octanol–water partition coefficient (Wildman–Crippen LogP) is 2.85. The van der Waals surface area contributed by atoms with Crippen molar-refractivity contribution < 1.29 is 0 Å². The van der Waals surface area contributed by atoms with Crippen LogP contribution in [0.25, 0.3) is 0 Å². The molecule has 0 heterocycles. The SMILES string of the molecule is C=CC[C@H](C)C(C)C. The molecule has 0 aromatic rings. The molecule has 0 aromatic heterocycles. The van der Waals surface area contributed by atoms with E-state index in [1.165, 1.54) is 0 Å². The van der Waals surface area contributed by atoms with E-state index in [9.17, 15) is 0 Å². The second kappa shape index (κ2) is 3.71. The fourth-order valence-corrected chi connectivity index (χ4v) is 0.535. The molecule has 0 aromatic carbocycles. The molecule has 0 N–H and O–H groups in total. The van der Waals surface area contributed by atoms with Crippen molar-refractivity contribution in [3.05, 3.63) is 12.7 Å². The molecule has 0 fully saturated rings. The maximum Gasteiger partial charge on any atom is -0.0325 e. The number of hydrogen-bond donors (Lipinski definition) is 0. The molecule has 0 nitrogen and oxygen atoms in total. The quantitative estimate of drug-likeness (QED) is 0.492. The van der Waals surface area contributed by atoms with Gasteiger partial charge in [0.05, 0.1) is 0 Å². The lowest BCUT2D eigenvalue weighted by Crippen LogP contribution is -2.01. The molecular weight excluding hydrogens is 96.1 g/mol. The van der Waals surface area contributed by atoms with Gasteiger partial charge in [-0.2, -0.15) is 0 Å². The zero-order valence-electron chi connectivity index (χ0n) is 6.15. The zero-order valence-corrected chi connectivity index (χ0v) is 6.15. The minimum absolute atomic E-state index is 0.799. The van der Waals surface area contributed by atoms with Gasteiger partial charge in [-0.15, -0.1) is 6.58 Å². The van der Waals surface area contributed by atoms with Crippen LogP contribution in [-0.2, 0) is 0 Å². The Morgan fingerprint density at radius 3 is 2.00 bits per heavy atom. The molecule has 0 radical (unpaired) electrons. The summed E-state index contributed by atoms with van der Waals surface area (Å²) >= 11 is 0. The molecule has 1 atom stereocenters. The Labute approximate surface area is 52.6 Å². The van der Waals surface area contributed by atoms with Crippen molar-refractivity contribution in [2.75, 3.05) is 0 Å². The standard InChI is InChI=1S/C8H16/c1-5-6-8(4)7(2)3/h5,7-8H,1,6H2,2-4H3/t8-/m0/s1. The molecule has 0 aliphatic carbocycles. The van der Waals surface area contributed by atoms with Gasteiger partial charge in [0.1, 0.15) is 0 Å². The zero-order chi connectivity index (χ0) is 6.57. The fraction of sp³-hybridized carbons (Fsp3) is 0.750. The molecule has 0 aliphatic rings. The molecule has 0 heteroatoms. The van der Waals surface area contributed by atoms with Crippen LogP contribution in [0, 0.1) is 11.8 Å². The van der Waals surface area contributed by atoms with Crippen LogP contribution in [0.2, 0.25) is 0 Å². The molecule has 0 spiro atoms. The Hall–Kier alpha value is -0.260. The number of allylic oxidation sites excluding steroid dienone is 1. The largest absolute Gasteiger partial charge is 0.103 e. The second-order valence-electron chi connectivity index (χ2n) is 2.75. The van der Waals surface area contributed by atoms with Crippen LogP contribution in [0.4, 0.5) is 0 Å². The van der Waals surface area contributed by atoms with Crippen LogP contribution in [0.1, 0.15) is 27.2 Å². The monoisotopic (exact) mass is 112 g/mol. The van der Waals surface area contributed by atoms with Crippen molar-refractivity contribution in [3.63, 3.8) is 0 Å². The lowest BCUT2D eigenvalue weighted by atomic mass is 9.95. The van der Waals surface area contributed by atoms with Gasteiger partial charge < -0.3 is 0 Å². The first-order valence-electron chi connectivity index (χ1n) is 3.29. The molecule has 0 bridgehead atoms. The Balaban J connectivity index is 3.30. The summed E-state index contributed by atoms with van der Waals surface area (Å²) in [5, 5.41) is 0. The van der Waals surface area contributed by atoms with Gasteiger partial charge in [0, 0.05) is 0 Å². The van der Waals surface area contributed by atoms with Gasteiger partial charge in [-0.25, -0.2) is 0 Å². The summed E-state index contributed by atoms with van der Waals surface area (Å²) in [6.45, 7) is 10.4. The van der Waals surface area contributed by atoms with Crippen LogP contribution in [0.3, 0.4) is 0 Å². The Kier molecular flexibility index (Phi) is 3.59. The van der Waals surface area contributed by atoms with Gasteiger partial charge in [-0.3, -0.25) is 0 Å². The normalized spacial score (nSPS) is 14.0. The summed E-state index contributed by atoms with van der Waals surface area (Å²) in [6.07, 6.45) is 3.14. The molecule has 0 aliphatic heterocycles. The van der Waals surface area contributed by atoms with Crippen LogP contribution >= 0.6 is 0 Å². The molecule has 0 rings (SSSR count). The summed E-state index contributed by atoms with van der Waals surface area (Å²) in [5.74, 6) is 1.60. The van der Waals surface area contributed by atoms with E-state index in [1.807, 2.05) is 6.08 Å². The van der Waals surface area contributed by atoms with Gasteiger partial charge in [-0.1, -0.05) is 26.8 Å². The van der Waals surface area contributed by atoms with Crippen molar-refractivity contribution in [1.82, 2.24) is 0 Å². The highest BCUT2D eigenvalue weighted by atomic mass is 14.1. The number of hydrogen-bond acceptors (Lipinski definition) is 0. The third-order valence-electron chi connectivity index (χ3n) is 1.68. The van der Waals surface area contributed by atoms with Crippen molar-refractivity contribution in [1.29, 1.82) is 0 Å². The molecule has 0 unspecified atom stereocenters. The topological polar surface area (TPSA) is 0 Å². The van der Waals surface area contributed by atoms with Gasteiger partial charge in [0.2, 0.25) is 0 Å². The lowest BCUT2D eigenvalue weighted by molar-refractivity contribution is 0.424. The minimum Gasteiger partial charge on any atom is -0.103 e. The summed E-state index contributed by atoms with van der Waals surface area (Å²) in [4.78, 5) is 0. The molecule has 0 saturated heterocycles. The maximum absolute atomic E-state index is 3.68. The Morgan fingerprint density at radius 1 is 1.38 bits per heavy atom. The summed E-state index contributed by atoms with van der Waals surface area (Å²) in [5.41, 5.74) is 0. The molecule has 0 amide bonds. The maximum atomic E-state index is 3.68. The lowest BCUT2D eigenvalue weighted by Gasteiger charge is -2.11. The van der Waals surface area contributed by atoms with Crippen molar-refractivity contribution in [2.45, 2.75) is 27.2 Å². The second-order valence-corrected chi connectivity index (χ2v) is 2.75. The Morgan fingerprint density at radius 2 is 1.88 bits per heavy atom. The third-order valence-corrected chi connectivity index (χ3v) is 1.68. The van der Waals surface area contributed by atoms with E-state index in [0.29, 0.717) is 0 Å². The van der Waals surface area contributed by atoms with Crippen molar-refractivity contribution in [2.24, 2.45) is 11.8 Å². The highest BCUT2D eigenvalue weighted by molar-refractivity contribution is 4.71. The summed E-state index contributed by atoms with van der Waals surface area (Å²) in [6, 6.07) is 0. The molecule has 0 saturated carbocycles. The van der Waals surface area contributed by atoms with E-state index < -0.39 is 0 Å².